The predicted octanol–water partition coefficient (Wildman–Crippen LogP) is 20.4. The molecule has 1 atom stereocenters. The zero-order valence-corrected chi connectivity index (χ0v) is 46.5. The van der Waals surface area contributed by atoms with Crippen LogP contribution in [0.2, 0.25) is 0 Å². The zero-order chi connectivity index (χ0) is 50.7. The molecular formula is C64H114O6. The fraction of sp³-hybridized carbons (Fsp3) is 0.797. The van der Waals surface area contributed by atoms with Crippen LogP contribution in [-0.2, 0) is 28.6 Å². The lowest BCUT2D eigenvalue weighted by molar-refractivity contribution is -0.167. The molecule has 0 aliphatic heterocycles. The molecule has 70 heavy (non-hydrogen) atoms. The smallest absolute Gasteiger partial charge is 0.306 e. The standard InChI is InChI=1S/C64H114O6/c1-4-7-10-13-16-19-22-25-27-29-30-31-32-33-34-35-37-39-42-45-48-51-54-57-63(66)69-60-61(59-68-62(65)56-53-50-47-44-41-38-24-21-18-15-12-9-6-3)70-64(67)58-55-52-49-46-43-40-36-28-26-23-20-17-14-11-8-5-2/h7,10,16,19,21,24-25,27,30-31,61H,4-6,8-9,11-15,17-18,20,22-23,26,28-29,32-60H2,1-3H3/b10-7-,19-16-,24-21-,27-25-,31-30-. The molecule has 0 heterocycles. The van der Waals surface area contributed by atoms with E-state index in [2.05, 4.69) is 81.5 Å². The molecule has 0 rings (SSSR count). The third-order valence-corrected chi connectivity index (χ3v) is 13.3. The SMILES string of the molecule is CC/C=C\C/C=C\C/C=C\C/C=C\CCCCCCCCCCCCC(=O)OCC(COC(=O)CCCCCCC/C=C\CCCCCC)OC(=O)CCCCCCCCCCCCCCCCCC. The molecule has 0 radical (unpaired) electrons. The maximum atomic E-state index is 12.9. The second-order valence-electron chi connectivity index (χ2n) is 20.2. The van der Waals surface area contributed by atoms with Crippen molar-refractivity contribution in [3.8, 4) is 0 Å². The van der Waals surface area contributed by atoms with E-state index >= 15 is 0 Å². The first-order chi connectivity index (χ1) is 34.5. The Morgan fingerprint density at radius 1 is 0.300 bits per heavy atom. The number of rotatable bonds is 55. The summed E-state index contributed by atoms with van der Waals surface area (Å²) in [5.41, 5.74) is 0. The van der Waals surface area contributed by atoms with Gasteiger partial charge in [0.05, 0.1) is 0 Å². The van der Waals surface area contributed by atoms with E-state index in [1.807, 2.05) is 0 Å². The van der Waals surface area contributed by atoms with Gasteiger partial charge in [0.25, 0.3) is 0 Å². The molecule has 0 amide bonds. The van der Waals surface area contributed by atoms with E-state index in [0.29, 0.717) is 19.3 Å². The van der Waals surface area contributed by atoms with Gasteiger partial charge in [-0.1, -0.05) is 268 Å². The van der Waals surface area contributed by atoms with Gasteiger partial charge >= 0.3 is 17.9 Å². The lowest BCUT2D eigenvalue weighted by Crippen LogP contribution is -2.30. The highest BCUT2D eigenvalue weighted by molar-refractivity contribution is 5.71. The quantitative estimate of drug-likeness (QED) is 0.0261. The van der Waals surface area contributed by atoms with Gasteiger partial charge in [-0.3, -0.25) is 14.4 Å². The Hall–Kier alpha value is -2.89. The minimum absolute atomic E-state index is 0.0760. The largest absolute Gasteiger partial charge is 0.462 e. The number of hydrogen-bond acceptors (Lipinski definition) is 6. The molecule has 6 heteroatoms. The van der Waals surface area contributed by atoms with Crippen molar-refractivity contribution < 1.29 is 28.6 Å². The molecule has 0 aromatic carbocycles. The van der Waals surface area contributed by atoms with E-state index in [0.717, 1.165) is 89.9 Å². The first kappa shape index (κ1) is 67.1. The Kier molecular flexibility index (Phi) is 56.3. The lowest BCUT2D eigenvalue weighted by Gasteiger charge is -2.18. The number of carbonyl (C=O) groups is 3. The normalized spacial score (nSPS) is 12.4. The van der Waals surface area contributed by atoms with Gasteiger partial charge in [-0.15, -0.1) is 0 Å². The molecule has 0 fully saturated rings. The van der Waals surface area contributed by atoms with E-state index < -0.39 is 6.10 Å². The van der Waals surface area contributed by atoms with E-state index in [4.69, 9.17) is 14.2 Å². The molecule has 0 saturated heterocycles. The predicted molar refractivity (Wildman–Crippen MR) is 302 cm³/mol. The van der Waals surface area contributed by atoms with Crippen molar-refractivity contribution in [2.24, 2.45) is 0 Å². The first-order valence-electron chi connectivity index (χ1n) is 30.3. The van der Waals surface area contributed by atoms with Crippen LogP contribution < -0.4 is 0 Å². The van der Waals surface area contributed by atoms with Crippen LogP contribution in [-0.4, -0.2) is 37.2 Å². The van der Waals surface area contributed by atoms with Crippen LogP contribution in [0, 0.1) is 0 Å². The molecule has 6 nitrogen and oxygen atoms in total. The van der Waals surface area contributed by atoms with Crippen LogP contribution in [0.25, 0.3) is 0 Å². The highest BCUT2D eigenvalue weighted by Crippen LogP contribution is 2.17. The molecule has 0 aromatic rings. The van der Waals surface area contributed by atoms with Gasteiger partial charge in [-0.2, -0.15) is 0 Å². The van der Waals surface area contributed by atoms with Crippen molar-refractivity contribution in [2.45, 2.75) is 316 Å². The fourth-order valence-corrected chi connectivity index (χ4v) is 8.72. The molecule has 0 aromatic heterocycles. The maximum absolute atomic E-state index is 12.9. The van der Waals surface area contributed by atoms with Crippen molar-refractivity contribution in [1.29, 1.82) is 0 Å². The zero-order valence-electron chi connectivity index (χ0n) is 46.5. The van der Waals surface area contributed by atoms with E-state index in [1.165, 1.54) is 180 Å². The molecule has 0 spiro atoms. The number of allylic oxidation sites excluding steroid dienone is 10. The van der Waals surface area contributed by atoms with E-state index in [9.17, 15) is 14.4 Å². The third kappa shape index (κ3) is 56.0. The number of carbonyl (C=O) groups excluding carboxylic acids is 3. The number of hydrogen-bond donors (Lipinski definition) is 0. The summed E-state index contributed by atoms with van der Waals surface area (Å²) in [6.07, 6.45) is 73.6. The summed E-state index contributed by atoms with van der Waals surface area (Å²) in [5, 5.41) is 0. The Labute approximate surface area is 434 Å². The van der Waals surface area contributed by atoms with Crippen LogP contribution >= 0.6 is 0 Å². The molecule has 1 unspecified atom stereocenters. The topological polar surface area (TPSA) is 78.9 Å². The van der Waals surface area contributed by atoms with Gasteiger partial charge < -0.3 is 14.2 Å². The van der Waals surface area contributed by atoms with E-state index in [-0.39, 0.29) is 31.1 Å². The van der Waals surface area contributed by atoms with Crippen LogP contribution in [0.5, 0.6) is 0 Å². The maximum Gasteiger partial charge on any atom is 0.306 e. The molecule has 0 bridgehead atoms. The number of unbranched alkanes of at least 4 members (excludes halogenated alkanes) is 34. The molecule has 406 valence electrons. The second kappa shape index (κ2) is 58.7. The number of ether oxygens (including phenoxy) is 3. The monoisotopic (exact) mass is 979 g/mol. The minimum atomic E-state index is -0.777. The summed E-state index contributed by atoms with van der Waals surface area (Å²) in [6, 6.07) is 0. The van der Waals surface area contributed by atoms with Gasteiger partial charge in [-0.05, 0) is 83.5 Å². The highest BCUT2D eigenvalue weighted by Gasteiger charge is 2.19. The van der Waals surface area contributed by atoms with Gasteiger partial charge in [-0.25, -0.2) is 0 Å². The summed E-state index contributed by atoms with van der Waals surface area (Å²) in [6.45, 7) is 6.54. The summed E-state index contributed by atoms with van der Waals surface area (Å²) in [5.74, 6) is -0.873. The molecule has 0 aliphatic rings. The summed E-state index contributed by atoms with van der Waals surface area (Å²) in [7, 11) is 0. The van der Waals surface area contributed by atoms with Crippen LogP contribution in [0.4, 0.5) is 0 Å². The second-order valence-corrected chi connectivity index (χ2v) is 20.2. The number of esters is 3. The Morgan fingerprint density at radius 3 is 0.900 bits per heavy atom. The lowest BCUT2D eigenvalue weighted by atomic mass is 10.0. The first-order valence-corrected chi connectivity index (χ1v) is 30.3. The Bertz CT molecular complexity index is 1260. The highest BCUT2D eigenvalue weighted by atomic mass is 16.6. The van der Waals surface area contributed by atoms with E-state index in [1.54, 1.807) is 0 Å². The van der Waals surface area contributed by atoms with Gasteiger partial charge in [0.1, 0.15) is 13.2 Å². The van der Waals surface area contributed by atoms with Gasteiger partial charge in [0.2, 0.25) is 0 Å². The Balaban J connectivity index is 4.31. The van der Waals surface area contributed by atoms with Gasteiger partial charge in [0.15, 0.2) is 6.10 Å². The molecular weight excluding hydrogens is 865 g/mol. The fourth-order valence-electron chi connectivity index (χ4n) is 8.72. The minimum Gasteiger partial charge on any atom is -0.462 e. The summed E-state index contributed by atoms with van der Waals surface area (Å²) in [4.78, 5) is 38.2. The average molecular weight is 980 g/mol. The summed E-state index contributed by atoms with van der Waals surface area (Å²) >= 11 is 0. The van der Waals surface area contributed by atoms with Crippen molar-refractivity contribution in [1.82, 2.24) is 0 Å². The van der Waals surface area contributed by atoms with Crippen LogP contribution in [0.1, 0.15) is 310 Å². The average Bonchev–Trinajstić information content (AvgIpc) is 3.36. The van der Waals surface area contributed by atoms with Gasteiger partial charge in [0, 0.05) is 19.3 Å². The molecule has 0 aliphatic carbocycles. The van der Waals surface area contributed by atoms with Crippen molar-refractivity contribution in [2.75, 3.05) is 13.2 Å². The summed E-state index contributed by atoms with van der Waals surface area (Å²) < 4.78 is 16.9. The Morgan fingerprint density at radius 2 is 0.557 bits per heavy atom. The van der Waals surface area contributed by atoms with Crippen LogP contribution in [0.3, 0.4) is 0 Å². The van der Waals surface area contributed by atoms with Crippen molar-refractivity contribution in [3.05, 3.63) is 60.8 Å². The third-order valence-electron chi connectivity index (χ3n) is 13.3. The van der Waals surface area contributed by atoms with Crippen LogP contribution in [0.15, 0.2) is 60.8 Å². The van der Waals surface area contributed by atoms with Crippen molar-refractivity contribution in [3.63, 3.8) is 0 Å². The molecule has 0 saturated carbocycles. The molecule has 0 N–H and O–H groups in total. The van der Waals surface area contributed by atoms with Crippen molar-refractivity contribution >= 4 is 17.9 Å².